The second-order valence-corrected chi connectivity index (χ2v) is 5.35. The molecule has 1 aromatic carbocycles. The maximum Gasteiger partial charge on any atom is 0.224 e. The van der Waals surface area contributed by atoms with Gasteiger partial charge in [0.2, 0.25) is 5.91 Å². The zero-order valence-corrected chi connectivity index (χ0v) is 12.5. The fourth-order valence-electron chi connectivity index (χ4n) is 2.22. The van der Waals surface area contributed by atoms with Crippen LogP contribution in [0.25, 0.3) is 0 Å². The second-order valence-electron chi connectivity index (χ2n) is 4.94. The summed E-state index contributed by atoms with van der Waals surface area (Å²) >= 11 is 5.90. The Bertz CT molecular complexity index is 434. The van der Waals surface area contributed by atoms with Gasteiger partial charge in [0, 0.05) is 6.42 Å². The molecule has 0 saturated heterocycles. The predicted molar refractivity (Wildman–Crippen MR) is 81.3 cm³/mol. The first-order valence-electron chi connectivity index (χ1n) is 7.01. The van der Waals surface area contributed by atoms with Crippen molar-refractivity contribution in [1.82, 2.24) is 0 Å². The van der Waals surface area contributed by atoms with Crippen LogP contribution in [0.4, 0.5) is 10.1 Å². The number of amides is 1. The van der Waals surface area contributed by atoms with Crippen LogP contribution >= 0.6 is 11.6 Å². The van der Waals surface area contributed by atoms with Gasteiger partial charge in [0.1, 0.15) is 5.82 Å². The molecule has 1 amide bonds. The van der Waals surface area contributed by atoms with Crippen LogP contribution in [0.3, 0.4) is 0 Å². The Hall–Kier alpha value is -1.13. The van der Waals surface area contributed by atoms with Crippen LogP contribution in [0.5, 0.6) is 0 Å². The number of hydrogen-bond acceptors (Lipinski definition) is 2. The van der Waals surface area contributed by atoms with Gasteiger partial charge in [0.25, 0.3) is 0 Å². The number of nitrogens with one attached hydrogen (secondary N) is 1. The molecule has 0 radical (unpaired) electrons. The van der Waals surface area contributed by atoms with E-state index in [1.165, 1.54) is 18.2 Å². The van der Waals surface area contributed by atoms with E-state index in [9.17, 15) is 9.18 Å². The molecule has 112 valence electrons. The lowest BCUT2D eigenvalue weighted by Crippen LogP contribution is -2.15. The molecule has 3 nitrogen and oxygen atoms in total. The molecule has 1 rings (SSSR count). The van der Waals surface area contributed by atoms with Crippen molar-refractivity contribution in [3.05, 3.63) is 29.0 Å². The van der Waals surface area contributed by atoms with Crippen molar-refractivity contribution in [2.75, 3.05) is 11.9 Å². The molecular formula is C15H22ClFN2O. The molecule has 1 unspecified atom stereocenters. The molecule has 0 spiro atoms. The summed E-state index contributed by atoms with van der Waals surface area (Å²) in [4.78, 5) is 11.9. The molecule has 3 N–H and O–H groups in total. The highest BCUT2D eigenvalue weighted by molar-refractivity contribution is 6.33. The molecule has 0 fully saturated rings. The number of benzene rings is 1. The minimum atomic E-state index is -0.420. The van der Waals surface area contributed by atoms with Crippen molar-refractivity contribution in [2.45, 2.75) is 39.0 Å². The van der Waals surface area contributed by atoms with Crippen LogP contribution in [0.15, 0.2) is 18.2 Å². The van der Waals surface area contributed by atoms with Crippen LogP contribution in [-0.4, -0.2) is 12.5 Å². The van der Waals surface area contributed by atoms with Gasteiger partial charge in [-0.25, -0.2) is 4.39 Å². The topological polar surface area (TPSA) is 55.1 Å². The summed E-state index contributed by atoms with van der Waals surface area (Å²) in [6, 6.07) is 3.92. The highest BCUT2D eigenvalue weighted by atomic mass is 35.5. The lowest BCUT2D eigenvalue weighted by atomic mass is 9.94. The quantitative estimate of drug-likeness (QED) is 0.763. The van der Waals surface area contributed by atoms with E-state index in [2.05, 4.69) is 12.2 Å². The van der Waals surface area contributed by atoms with Crippen LogP contribution in [-0.2, 0) is 4.79 Å². The van der Waals surface area contributed by atoms with E-state index in [-0.39, 0.29) is 5.91 Å². The Morgan fingerprint density at radius 3 is 2.80 bits per heavy atom. The normalized spacial score (nSPS) is 12.2. The highest BCUT2D eigenvalue weighted by Crippen LogP contribution is 2.23. The van der Waals surface area contributed by atoms with Crippen LogP contribution in [0, 0.1) is 11.7 Å². The molecule has 0 aliphatic rings. The largest absolute Gasteiger partial charge is 0.330 e. The SMILES string of the molecule is CCCC(CCN)CCC(=O)Nc1cc(F)ccc1Cl. The number of carbonyl (C=O) groups is 1. The first-order valence-corrected chi connectivity index (χ1v) is 7.39. The van der Waals surface area contributed by atoms with Crippen molar-refractivity contribution >= 4 is 23.2 Å². The van der Waals surface area contributed by atoms with E-state index in [0.717, 1.165) is 25.7 Å². The number of hydrogen-bond donors (Lipinski definition) is 2. The molecule has 1 atom stereocenters. The zero-order valence-electron chi connectivity index (χ0n) is 11.8. The summed E-state index contributed by atoms with van der Waals surface area (Å²) in [5.74, 6) is -0.0916. The van der Waals surface area contributed by atoms with Crippen LogP contribution in [0.2, 0.25) is 5.02 Å². The van der Waals surface area contributed by atoms with E-state index in [4.69, 9.17) is 17.3 Å². The van der Waals surface area contributed by atoms with Crippen LogP contribution < -0.4 is 11.1 Å². The van der Waals surface area contributed by atoms with E-state index in [1.54, 1.807) is 0 Å². The lowest BCUT2D eigenvalue weighted by molar-refractivity contribution is -0.116. The Kier molecular flexibility index (Phi) is 7.55. The number of anilines is 1. The summed E-state index contributed by atoms with van der Waals surface area (Å²) in [7, 11) is 0. The molecular weight excluding hydrogens is 279 g/mol. The van der Waals surface area contributed by atoms with Crippen molar-refractivity contribution in [3.63, 3.8) is 0 Å². The minimum absolute atomic E-state index is 0.143. The molecule has 0 saturated carbocycles. The van der Waals surface area contributed by atoms with Gasteiger partial charge in [-0.05, 0) is 43.5 Å². The third-order valence-corrected chi connectivity index (χ3v) is 3.58. The number of rotatable bonds is 8. The fraction of sp³-hybridized carbons (Fsp3) is 0.533. The molecule has 5 heteroatoms. The number of nitrogens with two attached hydrogens (primary N) is 1. The third kappa shape index (κ3) is 5.88. The highest BCUT2D eigenvalue weighted by Gasteiger charge is 2.11. The van der Waals surface area contributed by atoms with E-state index >= 15 is 0 Å². The number of carbonyl (C=O) groups excluding carboxylic acids is 1. The Morgan fingerprint density at radius 1 is 1.40 bits per heavy atom. The third-order valence-electron chi connectivity index (χ3n) is 3.25. The minimum Gasteiger partial charge on any atom is -0.330 e. The first-order chi connectivity index (χ1) is 9.56. The van der Waals surface area contributed by atoms with Crippen LogP contribution in [0.1, 0.15) is 39.0 Å². The fourth-order valence-corrected chi connectivity index (χ4v) is 2.38. The monoisotopic (exact) mass is 300 g/mol. The van der Waals surface area contributed by atoms with Gasteiger partial charge >= 0.3 is 0 Å². The van der Waals surface area contributed by atoms with Gasteiger partial charge in [0.15, 0.2) is 0 Å². The smallest absolute Gasteiger partial charge is 0.224 e. The van der Waals surface area contributed by atoms with E-state index in [1.807, 2.05) is 0 Å². The van der Waals surface area contributed by atoms with Crippen molar-refractivity contribution in [1.29, 1.82) is 0 Å². The summed E-state index contributed by atoms with van der Waals surface area (Å²) < 4.78 is 13.1. The maximum absolute atomic E-state index is 13.1. The summed E-state index contributed by atoms with van der Waals surface area (Å²) in [6.45, 7) is 2.76. The molecule has 1 aromatic rings. The average molecular weight is 301 g/mol. The second kappa shape index (κ2) is 8.93. The summed E-state index contributed by atoms with van der Waals surface area (Å²) in [5.41, 5.74) is 5.89. The Labute approximate surface area is 124 Å². The molecule has 0 bridgehead atoms. The molecule has 0 aromatic heterocycles. The lowest BCUT2D eigenvalue weighted by Gasteiger charge is -2.15. The van der Waals surface area contributed by atoms with Gasteiger partial charge in [0.05, 0.1) is 10.7 Å². The Morgan fingerprint density at radius 2 is 2.15 bits per heavy atom. The molecule has 20 heavy (non-hydrogen) atoms. The zero-order chi connectivity index (χ0) is 15.0. The van der Waals surface area contributed by atoms with Crippen molar-refractivity contribution in [2.24, 2.45) is 11.7 Å². The summed E-state index contributed by atoms with van der Waals surface area (Å²) in [6.07, 6.45) is 4.29. The standard InChI is InChI=1S/C15H22ClFN2O/c1-2-3-11(8-9-18)4-7-15(20)19-14-10-12(17)5-6-13(14)16/h5-6,10-11H,2-4,7-9,18H2,1H3,(H,19,20). The van der Waals surface area contributed by atoms with E-state index in [0.29, 0.717) is 29.6 Å². The molecule has 0 aliphatic carbocycles. The Balaban J connectivity index is 2.48. The first kappa shape index (κ1) is 16.9. The maximum atomic E-state index is 13.1. The average Bonchev–Trinajstić information content (AvgIpc) is 2.41. The molecule has 0 aliphatic heterocycles. The summed E-state index contributed by atoms with van der Waals surface area (Å²) in [5, 5.41) is 2.99. The van der Waals surface area contributed by atoms with Gasteiger partial charge in [-0.2, -0.15) is 0 Å². The van der Waals surface area contributed by atoms with Gasteiger partial charge in [-0.15, -0.1) is 0 Å². The molecule has 0 heterocycles. The number of halogens is 2. The van der Waals surface area contributed by atoms with E-state index < -0.39 is 5.82 Å². The predicted octanol–water partition coefficient (Wildman–Crippen LogP) is 3.96. The van der Waals surface area contributed by atoms with Gasteiger partial charge in [-0.1, -0.05) is 31.4 Å². The van der Waals surface area contributed by atoms with Gasteiger partial charge in [-0.3, -0.25) is 4.79 Å². The van der Waals surface area contributed by atoms with Crippen molar-refractivity contribution < 1.29 is 9.18 Å². The van der Waals surface area contributed by atoms with Crippen molar-refractivity contribution in [3.8, 4) is 0 Å². The van der Waals surface area contributed by atoms with Gasteiger partial charge < -0.3 is 11.1 Å².